The minimum atomic E-state index is -3.69. The number of aromatic nitrogens is 2. The van der Waals surface area contributed by atoms with Crippen LogP contribution in [-0.4, -0.2) is 28.3 Å². The molecule has 1 aromatic heterocycles. The Labute approximate surface area is 104 Å². The summed E-state index contributed by atoms with van der Waals surface area (Å²) in [7, 11) is -3.69. The second-order valence-electron chi connectivity index (χ2n) is 3.79. The zero-order valence-electron chi connectivity index (χ0n) is 10.5. The van der Waals surface area contributed by atoms with E-state index in [0.29, 0.717) is 6.42 Å². The van der Waals surface area contributed by atoms with Crippen molar-refractivity contribution in [3.8, 4) is 0 Å². The first-order valence-electron chi connectivity index (χ1n) is 5.90. The smallest absolute Gasteiger partial charge is 0.264 e. The highest BCUT2D eigenvalue weighted by Crippen LogP contribution is 1.92. The van der Waals surface area contributed by atoms with E-state index in [1.165, 1.54) is 12.8 Å². The fourth-order valence-corrected chi connectivity index (χ4v) is 1.74. The Morgan fingerprint density at radius 3 is 2.24 bits per heavy atom. The Hall–Kier alpha value is -0.880. The molecule has 0 saturated carbocycles. The lowest BCUT2D eigenvalue weighted by atomic mass is 10.3. The summed E-state index contributed by atoms with van der Waals surface area (Å²) in [6.45, 7) is 5.17. The number of rotatable bonds is 6. The van der Waals surface area contributed by atoms with Gasteiger partial charge in [-0.25, -0.2) is 4.98 Å². The summed E-state index contributed by atoms with van der Waals surface area (Å²) in [6, 6.07) is 0. The van der Waals surface area contributed by atoms with Crippen molar-refractivity contribution in [2.24, 2.45) is 0 Å². The van der Waals surface area contributed by atoms with Crippen molar-refractivity contribution >= 4 is 10.1 Å². The highest BCUT2D eigenvalue weighted by Gasteiger charge is 2.00. The molecule has 0 spiro atoms. The Morgan fingerprint density at radius 2 is 1.88 bits per heavy atom. The van der Waals surface area contributed by atoms with E-state index in [0.717, 1.165) is 13.0 Å². The van der Waals surface area contributed by atoms with Crippen molar-refractivity contribution < 1.29 is 13.0 Å². The van der Waals surface area contributed by atoms with Crippen LogP contribution in [0, 0.1) is 0 Å². The molecule has 0 aromatic carbocycles. The summed E-state index contributed by atoms with van der Waals surface area (Å²) in [4.78, 5) is 3.94. The molecule has 1 aromatic rings. The molecule has 0 amide bonds. The summed E-state index contributed by atoms with van der Waals surface area (Å²) < 4.78 is 30.1. The van der Waals surface area contributed by atoms with Crippen LogP contribution in [0.15, 0.2) is 18.7 Å². The molecular formula is C11H22N2O3S. The van der Waals surface area contributed by atoms with Gasteiger partial charge in [-0.15, -0.1) is 0 Å². The number of aryl methyl sites for hydroxylation is 1. The third-order valence-electron chi connectivity index (χ3n) is 2.08. The van der Waals surface area contributed by atoms with Gasteiger partial charge in [-0.2, -0.15) is 8.42 Å². The number of nitrogens with zero attached hydrogens (tertiary/aromatic N) is 2. The van der Waals surface area contributed by atoms with E-state index in [2.05, 4.69) is 16.5 Å². The number of unbranched alkanes of at least 4 members (excludes halogenated alkanes) is 2. The largest absolute Gasteiger partial charge is 0.337 e. The first kappa shape index (κ1) is 16.1. The van der Waals surface area contributed by atoms with Gasteiger partial charge in [0.1, 0.15) is 0 Å². The molecule has 0 unspecified atom stereocenters. The van der Waals surface area contributed by atoms with Gasteiger partial charge in [-0.3, -0.25) is 4.55 Å². The third kappa shape index (κ3) is 11.4. The third-order valence-corrected chi connectivity index (χ3v) is 2.89. The molecule has 1 N–H and O–H groups in total. The molecule has 100 valence electrons. The molecule has 0 aliphatic heterocycles. The first-order valence-corrected chi connectivity index (χ1v) is 7.51. The van der Waals surface area contributed by atoms with Crippen molar-refractivity contribution in [1.29, 1.82) is 0 Å². The topological polar surface area (TPSA) is 72.2 Å². The monoisotopic (exact) mass is 262 g/mol. The minimum Gasteiger partial charge on any atom is -0.337 e. The van der Waals surface area contributed by atoms with Gasteiger partial charge in [0.25, 0.3) is 10.1 Å². The molecule has 5 nitrogen and oxygen atoms in total. The highest BCUT2D eigenvalue weighted by atomic mass is 32.2. The zero-order valence-corrected chi connectivity index (χ0v) is 11.4. The van der Waals surface area contributed by atoms with Gasteiger partial charge < -0.3 is 4.57 Å². The molecule has 6 heteroatoms. The van der Waals surface area contributed by atoms with Crippen LogP contribution in [0.1, 0.15) is 39.5 Å². The molecule has 1 rings (SSSR count). The predicted octanol–water partition coefficient (Wildman–Crippen LogP) is 2.36. The van der Waals surface area contributed by atoms with E-state index in [-0.39, 0.29) is 5.75 Å². The lowest BCUT2D eigenvalue weighted by Gasteiger charge is -1.96. The van der Waals surface area contributed by atoms with Crippen LogP contribution in [-0.2, 0) is 16.7 Å². The lowest BCUT2D eigenvalue weighted by Crippen LogP contribution is -2.02. The van der Waals surface area contributed by atoms with Crippen LogP contribution in [0.4, 0.5) is 0 Å². The van der Waals surface area contributed by atoms with Crippen LogP contribution in [0.25, 0.3) is 0 Å². The molecule has 0 aliphatic carbocycles. The Morgan fingerprint density at radius 1 is 1.24 bits per heavy atom. The molecule has 0 radical (unpaired) electrons. The van der Waals surface area contributed by atoms with E-state index >= 15 is 0 Å². The van der Waals surface area contributed by atoms with Crippen molar-refractivity contribution in [3.05, 3.63) is 18.7 Å². The van der Waals surface area contributed by atoms with E-state index in [1.807, 2.05) is 25.6 Å². The molecule has 0 aliphatic rings. The summed E-state index contributed by atoms with van der Waals surface area (Å²) >= 11 is 0. The first-order chi connectivity index (χ1) is 7.99. The maximum Gasteiger partial charge on any atom is 0.264 e. The second-order valence-corrected chi connectivity index (χ2v) is 5.37. The maximum absolute atomic E-state index is 9.95. The Balaban J connectivity index is 0.000000304. The maximum atomic E-state index is 9.95. The van der Waals surface area contributed by atoms with Crippen molar-refractivity contribution in [3.63, 3.8) is 0 Å². The average Bonchev–Trinajstić information content (AvgIpc) is 2.76. The SMILES string of the molecule is CCCCS(=O)(=O)O.CCCCn1ccnc1. The standard InChI is InChI=1S/C7H12N2.C4H10O3S/c1-2-3-5-9-6-4-8-7-9;1-2-3-4-8(5,6)7/h4,6-7H,2-3,5H2,1H3;2-4H2,1H3,(H,5,6,7). The molecule has 0 atom stereocenters. The molecule has 0 fully saturated rings. The van der Waals surface area contributed by atoms with Gasteiger partial charge in [0.05, 0.1) is 12.1 Å². The van der Waals surface area contributed by atoms with E-state index < -0.39 is 10.1 Å². The lowest BCUT2D eigenvalue weighted by molar-refractivity contribution is 0.480. The second kappa shape index (κ2) is 9.18. The van der Waals surface area contributed by atoms with E-state index in [4.69, 9.17) is 4.55 Å². The van der Waals surface area contributed by atoms with Gasteiger partial charge in [-0.1, -0.05) is 26.7 Å². The van der Waals surface area contributed by atoms with Gasteiger partial charge in [-0.05, 0) is 12.8 Å². The zero-order chi connectivity index (χ0) is 13.1. The average molecular weight is 262 g/mol. The molecule has 0 bridgehead atoms. The quantitative estimate of drug-likeness (QED) is 0.799. The van der Waals surface area contributed by atoms with E-state index in [9.17, 15) is 8.42 Å². The summed E-state index contributed by atoms with van der Waals surface area (Å²) in [5.74, 6) is -0.108. The fraction of sp³-hybridized carbons (Fsp3) is 0.727. The molecule has 1 heterocycles. The fourth-order valence-electron chi connectivity index (χ4n) is 1.09. The van der Waals surface area contributed by atoms with E-state index in [1.54, 1.807) is 0 Å². The summed E-state index contributed by atoms with van der Waals surface area (Å²) in [6.07, 6.45) is 9.49. The summed E-state index contributed by atoms with van der Waals surface area (Å²) in [5.41, 5.74) is 0. The van der Waals surface area contributed by atoms with Crippen LogP contribution < -0.4 is 0 Å². The van der Waals surface area contributed by atoms with Gasteiger partial charge in [0.15, 0.2) is 0 Å². The summed E-state index contributed by atoms with van der Waals surface area (Å²) in [5, 5.41) is 0. The van der Waals surface area contributed by atoms with Crippen LogP contribution >= 0.6 is 0 Å². The van der Waals surface area contributed by atoms with Crippen LogP contribution in [0.2, 0.25) is 0 Å². The Kier molecular flexibility index (Phi) is 8.71. The van der Waals surface area contributed by atoms with Gasteiger partial charge in [0.2, 0.25) is 0 Å². The van der Waals surface area contributed by atoms with Crippen molar-refractivity contribution in [2.75, 3.05) is 5.75 Å². The number of imidazole rings is 1. The normalized spacial score (nSPS) is 10.8. The Bertz CT molecular complexity index is 360. The molecular weight excluding hydrogens is 240 g/mol. The molecule has 17 heavy (non-hydrogen) atoms. The predicted molar refractivity (Wildman–Crippen MR) is 68.5 cm³/mol. The minimum absolute atomic E-state index is 0.108. The van der Waals surface area contributed by atoms with Gasteiger partial charge >= 0.3 is 0 Å². The van der Waals surface area contributed by atoms with Crippen molar-refractivity contribution in [1.82, 2.24) is 9.55 Å². The molecule has 0 saturated heterocycles. The number of hydrogen-bond donors (Lipinski definition) is 1. The van der Waals surface area contributed by atoms with Crippen LogP contribution in [0.5, 0.6) is 0 Å². The number of hydrogen-bond acceptors (Lipinski definition) is 3. The highest BCUT2D eigenvalue weighted by molar-refractivity contribution is 7.85. The van der Waals surface area contributed by atoms with Crippen LogP contribution in [0.3, 0.4) is 0 Å². The van der Waals surface area contributed by atoms with Crippen molar-refractivity contribution in [2.45, 2.75) is 46.1 Å². The van der Waals surface area contributed by atoms with Gasteiger partial charge in [0, 0.05) is 18.9 Å².